The number of halogens is 4. The number of fused-ring (bicyclic) bond motifs is 1. The summed E-state index contributed by atoms with van der Waals surface area (Å²) < 4.78 is 53.9. The molecule has 0 bridgehead atoms. The highest BCUT2D eigenvalue weighted by Crippen LogP contribution is 2.30. The van der Waals surface area contributed by atoms with Crippen molar-refractivity contribution in [3.63, 3.8) is 0 Å². The minimum absolute atomic E-state index is 0.0923. The van der Waals surface area contributed by atoms with Gasteiger partial charge in [0.2, 0.25) is 0 Å². The van der Waals surface area contributed by atoms with E-state index < -0.39 is 29.4 Å². The van der Waals surface area contributed by atoms with Crippen molar-refractivity contribution in [1.29, 1.82) is 0 Å². The summed E-state index contributed by atoms with van der Waals surface area (Å²) in [5.74, 6) is -1.73. The largest absolute Gasteiger partial charge is 0.416 e. The first-order chi connectivity index (χ1) is 16.2. The van der Waals surface area contributed by atoms with Crippen LogP contribution in [-0.2, 0) is 12.7 Å². The van der Waals surface area contributed by atoms with Gasteiger partial charge in [-0.05, 0) is 67.6 Å². The van der Waals surface area contributed by atoms with E-state index in [9.17, 15) is 27.2 Å². The molecule has 0 spiro atoms. The Hall–Kier alpha value is -4.14. The predicted molar refractivity (Wildman–Crippen MR) is 121 cm³/mol. The molecule has 174 valence electrons. The van der Waals surface area contributed by atoms with Gasteiger partial charge in [0.25, 0.3) is 11.8 Å². The standard InChI is InChI=1S/C25H19F4N3O2/c1-2-32-21-12-11-18(31-23(33)19-5-3-4-6-20(19)26)13-15(21)14-22(32)24(34)30-17-9-7-16(8-10-17)25(27,28)29/h3-14H,2H2,1H3,(H,30,34)(H,31,33). The summed E-state index contributed by atoms with van der Waals surface area (Å²) >= 11 is 0. The SMILES string of the molecule is CCn1c(C(=O)Nc2ccc(C(F)(F)F)cc2)cc2cc(NC(=O)c3ccccc3F)ccc21. The quantitative estimate of drug-likeness (QED) is 0.336. The van der Waals surface area contributed by atoms with Crippen LogP contribution in [0.2, 0.25) is 0 Å². The number of anilines is 2. The maximum Gasteiger partial charge on any atom is 0.416 e. The molecule has 4 rings (SSSR count). The summed E-state index contributed by atoms with van der Waals surface area (Å²) in [4.78, 5) is 25.3. The Morgan fingerprint density at radius 3 is 2.15 bits per heavy atom. The average Bonchev–Trinajstić information content (AvgIpc) is 3.17. The van der Waals surface area contributed by atoms with E-state index in [2.05, 4.69) is 10.6 Å². The van der Waals surface area contributed by atoms with E-state index in [1.54, 1.807) is 34.9 Å². The maximum absolute atomic E-state index is 13.9. The first kappa shape index (κ1) is 23.0. The van der Waals surface area contributed by atoms with Crippen molar-refractivity contribution in [1.82, 2.24) is 4.57 Å². The fraction of sp³-hybridized carbons (Fsp3) is 0.120. The van der Waals surface area contributed by atoms with Crippen LogP contribution in [0.5, 0.6) is 0 Å². The van der Waals surface area contributed by atoms with E-state index in [0.717, 1.165) is 17.6 Å². The molecule has 1 heterocycles. The molecule has 0 aliphatic heterocycles. The molecule has 1 aromatic heterocycles. The van der Waals surface area contributed by atoms with E-state index >= 15 is 0 Å². The number of benzene rings is 3. The Balaban J connectivity index is 1.58. The predicted octanol–water partition coefficient (Wildman–Crippen LogP) is 6.32. The Bertz CT molecular complexity index is 1380. The van der Waals surface area contributed by atoms with E-state index in [-0.39, 0.29) is 11.3 Å². The third-order valence-corrected chi connectivity index (χ3v) is 5.30. The van der Waals surface area contributed by atoms with Gasteiger partial charge in [-0.15, -0.1) is 0 Å². The van der Waals surface area contributed by atoms with Crippen molar-refractivity contribution in [2.24, 2.45) is 0 Å². The van der Waals surface area contributed by atoms with Gasteiger partial charge >= 0.3 is 6.18 Å². The van der Waals surface area contributed by atoms with Crippen LogP contribution in [0, 0.1) is 5.82 Å². The van der Waals surface area contributed by atoms with Crippen molar-refractivity contribution in [3.8, 4) is 0 Å². The van der Waals surface area contributed by atoms with Crippen molar-refractivity contribution >= 4 is 34.1 Å². The number of hydrogen-bond donors (Lipinski definition) is 2. The number of nitrogens with zero attached hydrogens (tertiary/aromatic N) is 1. The molecular weight excluding hydrogens is 450 g/mol. The number of alkyl halides is 3. The second kappa shape index (κ2) is 9.01. The van der Waals surface area contributed by atoms with Crippen LogP contribution in [0.15, 0.2) is 72.8 Å². The molecule has 0 aliphatic carbocycles. The Labute approximate surface area is 192 Å². The van der Waals surface area contributed by atoms with E-state index in [0.29, 0.717) is 23.3 Å². The zero-order valence-corrected chi connectivity index (χ0v) is 17.9. The van der Waals surface area contributed by atoms with Crippen molar-refractivity contribution in [3.05, 3.63) is 95.4 Å². The van der Waals surface area contributed by atoms with Crippen molar-refractivity contribution in [2.75, 3.05) is 10.6 Å². The summed E-state index contributed by atoms with van der Waals surface area (Å²) in [5, 5.41) is 5.91. The van der Waals surface area contributed by atoms with Gasteiger partial charge in [-0.25, -0.2) is 4.39 Å². The van der Waals surface area contributed by atoms with Crippen LogP contribution in [-0.4, -0.2) is 16.4 Å². The highest BCUT2D eigenvalue weighted by atomic mass is 19.4. The molecule has 0 radical (unpaired) electrons. The third-order valence-electron chi connectivity index (χ3n) is 5.30. The van der Waals surface area contributed by atoms with Crippen LogP contribution < -0.4 is 10.6 Å². The van der Waals surface area contributed by atoms with Crippen LogP contribution in [0.3, 0.4) is 0 Å². The summed E-state index contributed by atoms with van der Waals surface area (Å²) in [6.07, 6.45) is -4.46. The lowest BCUT2D eigenvalue weighted by Crippen LogP contribution is -2.16. The van der Waals surface area contributed by atoms with E-state index in [4.69, 9.17) is 0 Å². The average molecular weight is 469 g/mol. The Morgan fingerprint density at radius 1 is 0.853 bits per heavy atom. The topological polar surface area (TPSA) is 63.1 Å². The highest BCUT2D eigenvalue weighted by molar-refractivity contribution is 6.08. The molecule has 0 aliphatic rings. The smallest absolute Gasteiger partial charge is 0.337 e. The molecule has 4 aromatic rings. The minimum Gasteiger partial charge on any atom is -0.337 e. The number of carbonyl (C=O) groups is 2. The number of aromatic nitrogens is 1. The molecule has 34 heavy (non-hydrogen) atoms. The number of rotatable bonds is 5. The van der Waals surface area contributed by atoms with Gasteiger partial charge in [-0.3, -0.25) is 9.59 Å². The molecule has 5 nitrogen and oxygen atoms in total. The molecular formula is C25H19F4N3O2. The summed E-state index contributed by atoms with van der Waals surface area (Å²) in [6.45, 7) is 2.31. The van der Waals surface area contributed by atoms with Crippen LogP contribution >= 0.6 is 0 Å². The number of hydrogen-bond acceptors (Lipinski definition) is 2. The molecule has 0 fully saturated rings. The molecule has 9 heteroatoms. The number of nitrogens with one attached hydrogen (secondary N) is 2. The monoisotopic (exact) mass is 469 g/mol. The molecule has 3 aromatic carbocycles. The molecule has 0 saturated carbocycles. The Kier molecular flexibility index (Phi) is 6.10. The van der Waals surface area contributed by atoms with Gasteiger partial charge in [-0.1, -0.05) is 12.1 Å². The number of carbonyl (C=O) groups excluding carboxylic acids is 2. The van der Waals surface area contributed by atoms with Gasteiger partial charge < -0.3 is 15.2 Å². The number of aryl methyl sites for hydroxylation is 1. The lowest BCUT2D eigenvalue weighted by atomic mass is 10.2. The Morgan fingerprint density at radius 2 is 1.50 bits per heavy atom. The molecule has 0 saturated heterocycles. The minimum atomic E-state index is -4.46. The van der Waals surface area contributed by atoms with Crippen LogP contribution in [0.1, 0.15) is 33.3 Å². The van der Waals surface area contributed by atoms with Gasteiger partial charge in [0.05, 0.1) is 11.1 Å². The van der Waals surface area contributed by atoms with Gasteiger partial charge in [0.1, 0.15) is 11.5 Å². The first-order valence-electron chi connectivity index (χ1n) is 10.3. The highest BCUT2D eigenvalue weighted by Gasteiger charge is 2.30. The van der Waals surface area contributed by atoms with Gasteiger partial charge in [-0.2, -0.15) is 13.2 Å². The van der Waals surface area contributed by atoms with E-state index in [1.165, 1.54) is 30.3 Å². The summed E-state index contributed by atoms with van der Waals surface area (Å²) in [5.41, 5.74) is 0.773. The third kappa shape index (κ3) is 4.63. The lowest BCUT2D eigenvalue weighted by Gasteiger charge is -2.11. The van der Waals surface area contributed by atoms with Crippen LogP contribution in [0.25, 0.3) is 10.9 Å². The fourth-order valence-electron chi connectivity index (χ4n) is 3.66. The van der Waals surface area contributed by atoms with Gasteiger partial charge in [0.15, 0.2) is 0 Å². The zero-order valence-electron chi connectivity index (χ0n) is 17.9. The molecule has 0 unspecified atom stereocenters. The molecule has 2 N–H and O–H groups in total. The normalized spacial score (nSPS) is 11.4. The van der Waals surface area contributed by atoms with E-state index in [1.807, 2.05) is 6.92 Å². The molecule has 0 atom stereocenters. The first-order valence-corrected chi connectivity index (χ1v) is 10.3. The maximum atomic E-state index is 13.9. The fourth-order valence-corrected chi connectivity index (χ4v) is 3.66. The summed E-state index contributed by atoms with van der Waals surface area (Å²) in [6, 6.07) is 16.5. The second-order valence-electron chi connectivity index (χ2n) is 7.51. The van der Waals surface area contributed by atoms with Gasteiger partial charge in [0, 0.05) is 28.8 Å². The lowest BCUT2D eigenvalue weighted by molar-refractivity contribution is -0.137. The zero-order chi connectivity index (χ0) is 24.5. The number of amides is 2. The molecule has 2 amide bonds. The second-order valence-corrected chi connectivity index (χ2v) is 7.51. The van der Waals surface area contributed by atoms with Crippen LogP contribution in [0.4, 0.5) is 28.9 Å². The van der Waals surface area contributed by atoms with Crippen molar-refractivity contribution < 1.29 is 27.2 Å². The van der Waals surface area contributed by atoms with Crippen molar-refractivity contribution in [2.45, 2.75) is 19.6 Å². The summed E-state index contributed by atoms with van der Waals surface area (Å²) in [7, 11) is 0.